The molecule has 1 unspecified atom stereocenters. The van der Waals surface area contributed by atoms with Gasteiger partial charge in [0.15, 0.2) is 0 Å². The number of hydrogen-bond donors (Lipinski definition) is 0. The third kappa shape index (κ3) is 2.51. The molecule has 0 N–H and O–H groups in total. The van der Waals surface area contributed by atoms with Gasteiger partial charge in [0.2, 0.25) is 5.91 Å². The molecule has 1 aliphatic heterocycles. The quantitative estimate of drug-likeness (QED) is 0.507. The molecule has 1 amide bonds. The molecule has 2 aromatic carbocycles. The van der Waals surface area contributed by atoms with Gasteiger partial charge in [0.1, 0.15) is 11.7 Å². The lowest BCUT2D eigenvalue weighted by Crippen LogP contribution is -2.24. The summed E-state index contributed by atoms with van der Waals surface area (Å²) in [7, 11) is 1.80. The Morgan fingerprint density at radius 3 is 2.72 bits per heavy atom. The number of aromatic nitrogens is 4. The molecule has 7 nitrogen and oxygen atoms in total. The maximum atomic E-state index is 12.6. The number of amides is 1. The monoisotopic (exact) mass is 385 g/mol. The lowest BCUT2D eigenvalue weighted by molar-refractivity contribution is -0.129. The molecule has 0 spiro atoms. The molecule has 29 heavy (non-hydrogen) atoms. The van der Waals surface area contributed by atoms with Crippen molar-refractivity contribution in [2.75, 3.05) is 13.6 Å². The van der Waals surface area contributed by atoms with Crippen molar-refractivity contribution in [3.63, 3.8) is 0 Å². The lowest BCUT2D eigenvalue weighted by Gasteiger charge is -2.09. The Hall–Kier alpha value is -3.74. The van der Waals surface area contributed by atoms with Crippen molar-refractivity contribution < 1.29 is 9.59 Å². The number of likely N-dealkylation sites (N-methyl/N-ethyl adjacent to an activating group) is 1. The summed E-state index contributed by atoms with van der Waals surface area (Å²) >= 11 is 0. The minimum Gasteiger partial charge on any atom is -0.344 e. The van der Waals surface area contributed by atoms with Crippen LogP contribution in [0.25, 0.3) is 33.1 Å². The van der Waals surface area contributed by atoms with E-state index in [4.69, 9.17) is 0 Å². The third-order valence-electron chi connectivity index (χ3n) is 5.60. The first kappa shape index (κ1) is 17.4. The van der Waals surface area contributed by atoms with Crippen LogP contribution in [0.15, 0.2) is 61.3 Å². The summed E-state index contributed by atoms with van der Waals surface area (Å²) < 4.78 is 3.31. The van der Waals surface area contributed by atoms with Gasteiger partial charge in [-0.25, -0.2) is 4.68 Å². The smallest absolute Gasteiger partial charge is 0.254 e. The number of nitrogens with zero attached hydrogens (tertiary/aromatic N) is 5. The van der Waals surface area contributed by atoms with Crippen LogP contribution < -0.4 is 0 Å². The molecule has 3 heterocycles. The molecule has 1 saturated heterocycles. The van der Waals surface area contributed by atoms with E-state index >= 15 is 0 Å². The number of para-hydroxylation sites is 1. The predicted octanol–water partition coefficient (Wildman–Crippen LogP) is 3.28. The van der Waals surface area contributed by atoms with Crippen LogP contribution in [-0.2, 0) is 4.79 Å². The van der Waals surface area contributed by atoms with Gasteiger partial charge in [-0.15, -0.1) is 5.10 Å². The first-order valence-corrected chi connectivity index (χ1v) is 9.46. The largest absolute Gasteiger partial charge is 0.344 e. The van der Waals surface area contributed by atoms with Crippen LogP contribution in [0.3, 0.4) is 0 Å². The van der Waals surface area contributed by atoms with Crippen molar-refractivity contribution in [2.24, 2.45) is 0 Å². The van der Waals surface area contributed by atoms with E-state index < -0.39 is 0 Å². The number of fused-ring (bicyclic) bond motifs is 3. The van der Waals surface area contributed by atoms with E-state index in [0.29, 0.717) is 12.2 Å². The van der Waals surface area contributed by atoms with E-state index in [1.165, 1.54) is 6.08 Å². The highest BCUT2D eigenvalue weighted by Crippen LogP contribution is 2.36. The van der Waals surface area contributed by atoms with Crippen LogP contribution in [0.1, 0.15) is 17.3 Å². The van der Waals surface area contributed by atoms with Gasteiger partial charge >= 0.3 is 0 Å². The van der Waals surface area contributed by atoms with Gasteiger partial charge in [0.25, 0.3) is 5.91 Å². The molecule has 7 heteroatoms. The van der Waals surface area contributed by atoms with Crippen molar-refractivity contribution >= 4 is 33.6 Å². The number of allylic oxidation sites excluding steroid dienone is 1. The summed E-state index contributed by atoms with van der Waals surface area (Å²) in [5.41, 5.74) is 3.16. The van der Waals surface area contributed by atoms with Crippen LogP contribution in [0.5, 0.6) is 0 Å². The van der Waals surface area contributed by atoms with Crippen molar-refractivity contribution in [2.45, 2.75) is 12.5 Å². The van der Waals surface area contributed by atoms with Gasteiger partial charge in [-0.1, -0.05) is 42.1 Å². The maximum absolute atomic E-state index is 12.6. The number of likely N-dealkylation sites (tertiary alicyclic amines) is 1. The highest BCUT2D eigenvalue weighted by Gasteiger charge is 2.31. The topological polar surface area (TPSA) is 73.0 Å². The highest BCUT2D eigenvalue weighted by atomic mass is 16.2. The number of hydrogen-bond acceptors (Lipinski definition) is 4. The third-order valence-corrected chi connectivity index (χ3v) is 5.60. The standard InChI is InChI=1S/C22H19N5O2/c1-3-20(28)27-17-9-5-4-7-15(17)21-14(8-6-10-18(21)27)16-13-26(24-23-16)19-11-12-25(2)22(19)29/h3-10,13,19H,1,11-12H2,2H3. The molecule has 144 valence electrons. The molecule has 2 aromatic heterocycles. The summed E-state index contributed by atoms with van der Waals surface area (Å²) in [6.45, 7) is 4.35. The average molecular weight is 385 g/mol. The van der Waals surface area contributed by atoms with E-state index in [2.05, 4.69) is 16.9 Å². The second-order valence-corrected chi connectivity index (χ2v) is 7.24. The van der Waals surface area contributed by atoms with Crippen LogP contribution in [0, 0.1) is 0 Å². The van der Waals surface area contributed by atoms with Gasteiger partial charge in [-0.05, 0) is 24.6 Å². The van der Waals surface area contributed by atoms with E-state index in [1.54, 1.807) is 21.2 Å². The first-order chi connectivity index (χ1) is 14.1. The summed E-state index contributed by atoms with van der Waals surface area (Å²) in [5.74, 6) is -0.135. The number of carbonyl (C=O) groups is 2. The fraction of sp³-hybridized carbons (Fsp3) is 0.182. The number of benzene rings is 2. The summed E-state index contributed by atoms with van der Waals surface area (Å²) in [6, 6.07) is 13.2. The fourth-order valence-electron chi connectivity index (χ4n) is 4.16. The zero-order chi connectivity index (χ0) is 20.1. The zero-order valence-corrected chi connectivity index (χ0v) is 15.9. The zero-order valence-electron chi connectivity index (χ0n) is 15.9. The summed E-state index contributed by atoms with van der Waals surface area (Å²) in [5, 5.41) is 10.5. The van der Waals surface area contributed by atoms with E-state index in [9.17, 15) is 9.59 Å². The molecule has 0 bridgehead atoms. The second kappa shape index (κ2) is 6.41. The van der Waals surface area contributed by atoms with Crippen molar-refractivity contribution in [1.29, 1.82) is 0 Å². The van der Waals surface area contributed by atoms with Gasteiger partial charge < -0.3 is 4.90 Å². The summed E-state index contributed by atoms with van der Waals surface area (Å²) in [6.07, 6.45) is 3.85. The maximum Gasteiger partial charge on any atom is 0.254 e. The molecule has 0 aliphatic carbocycles. The minimum atomic E-state index is -0.316. The second-order valence-electron chi connectivity index (χ2n) is 7.24. The lowest BCUT2D eigenvalue weighted by atomic mass is 10.0. The van der Waals surface area contributed by atoms with Crippen LogP contribution in [-0.4, -0.2) is 49.9 Å². The highest BCUT2D eigenvalue weighted by molar-refractivity contribution is 6.19. The molecule has 1 aliphatic rings. The van der Waals surface area contributed by atoms with Crippen molar-refractivity contribution in [1.82, 2.24) is 24.5 Å². The Bertz CT molecular complexity index is 1300. The fourth-order valence-corrected chi connectivity index (χ4v) is 4.16. The van der Waals surface area contributed by atoms with Gasteiger partial charge in [0.05, 0.1) is 17.2 Å². The first-order valence-electron chi connectivity index (χ1n) is 9.46. The molecule has 1 fully saturated rings. The Kier molecular flexibility index (Phi) is 3.84. The van der Waals surface area contributed by atoms with E-state index in [-0.39, 0.29) is 17.9 Å². The Labute approximate surface area is 166 Å². The van der Waals surface area contributed by atoms with Gasteiger partial charge in [0, 0.05) is 29.9 Å². The Morgan fingerprint density at radius 2 is 1.97 bits per heavy atom. The molecule has 0 saturated carbocycles. The number of rotatable bonds is 3. The van der Waals surface area contributed by atoms with Crippen molar-refractivity contribution in [3.05, 3.63) is 61.3 Å². The molecule has 1 atom stereocenters. The van der Waals surface area contributed by atoms with Crippen LogP contribution >= 0.6 is 0 Å². The van der Waals surface area contributed by atoms with E-state index in [1.807, 2.05) is 48.7 Å². The SMILES string of the molecule is C=CC(=O)n1c2ccccc2c2c(-c3cn(C4CCN(C)C4=O)nn3)cccc21. The molecular formula is C22H19N5O2. The van der Waals surface area contributed by atoms with Crippen molar-refractivity contribution in [3.8, 4) is 11.3 Å². The van der Waals surface area contributed by atoms with Crippen LogP contribution in [0.4, 0.5) is 0 Å². The molecule has 5 rings (SSSR count). The molecular weight excluding hydrogens is 366 g/mol. The molecule has 0 radical (unpaired) electrons. The summed E-state index contributed by atoms with van der Waals surface area (Å²) in [4.78, 5) is 26.6. The van der Waals surface area contributed by atoms with Crippen LogP contribution in [0.2, 0.25) is 0 Å². The Morgan fingerprint density at radius 1 is 1.17 bits per heavy atom. The van der Waals surface area contributed by atoms with E-state index in [0.717, 1.165) is 33.8 Å². The van der Waals surface area contributed by atoms with Gasteiger partial charge in [-0.3, -0.25) is 14.2 Å². The molecule has 4 aromatic rings. The number of carbonyl (C=O) groups excluding carboxylic acids is 2. The van der Waals surface area contributed by atoms with Gasteiger partial charge in [-0.2, -0.15) is 0 Å². The average Bonchev–Trinajstić information content (AvgIpc) is 3.44. The Balaban J connectivity index is 1.72. The minimum absolute atomic E-state index is 0.0489. The normalized spacial score (nSPS) is 16.8. The predicted molar refractivity (Wildman–Crippen MR) is 111 cm³/mol.